The molecule has 1 unspecified atom stereocenters. The van der Waals surface area contributed by atoms with Crippen LogP contribution in [-0.2, 0) is 31.2 Å². The van der Waals surface area contributed by atoms with E-state index in [1.165, 1.54) is 62.5 Å². The van der Waals surface area contributed by atoms with Crippen LogP contribution < -0.4 is 4.74 Å². The summed E-state index contributed by atoms with van der Waals surface area (Å²) in [6, 6.07) is 13.7. The van der Waals surface area contributed by atoms with Crippen molar-refractivity contribution >= 4 is 25.8 Å². The summed E-state index contributed by atoms with van der Waals surface area (Å²) in [6.45, 7) is 1.37. The minimum absolute atomic E-state index is 0.0158. The second kappa shape index (κ2) is 10.7. The topological polar surface area (TPSA) is 118 Å². The van der Waals surface area contributed by atoms with E-state index in [0.29, 0.717) is 11.6 Å². The Kier molecular flexibility index (Phi) is 8.12. The molecule has 8 nitrogen and oxygen atoms in total. The van der Waals surface area contributed by atoms with Gasteiger partial charge in [-0.1, -0.05) is 31.2 Å². The molecule has 3 aromatic carbocycles. The van der Waals surface area contributed by atoms with Gasteiger partial charge in [-0.05, 0) is 48.0 Å². The first-order chi connectivity index (χ1) is 16.8. The minimum Gasteiger partial charge on any atom is -0.478 e. The molecule has 0 aliphatic heterocycles. The van der Waals surface area contributed by atoms with Crippen LogP contribution in [0.3, 0.4) is 0 Å². The average Bonchev–Trinajstić information content (AvgIpc) is 2.84. The number of rotatable bonds is 10. The fourth-order valence-electron chi connectivity index (χ4n) is 3.27. The molecule has 36 heavy (non-hydrogen) atoms. The van der Waals surface area contributed by atoms with Crippen molar-refractivity contribution in [3.05, 3.63) is 89.5 Å². The van der Waals surface area contributed by atoms with Gasteiger partial charge in [-0.3, -0.25) is 0 Å². The summed E-state index contributed by atoms with van der Waals surface area (Å²) >= 11 is 0. The lowest BCUT2D eigenvalue weighted by Crippen LogP contribution is -2.26. The summed E-state index contributed by atoms with van der Waals surface area (Å²) in [5, 5.41) is 9.65. The normalized spacial score (nSPS) is 12.9. The molecule has 0 bridgehead atoms. The van der Waals surface area contributed by atoms with E-state index in [2.05, 4.69) is 0 Å². The summed E-state index contributed by atoms with van der Waals surface area (Å²) in [4.78, 5) is 11.4. The van der Waals surface area contributed by atoms with Crippen molar-refractivity contribution < 1.29 is 40.3 Å². The average molecular weight is 540 g/mol. The highest BCUT2D eigenvalue weighted by Gasteiger charge is 2.25. The molecule has 3 aromatic rings. The summed E-state index contributed by atoms with van der Waals surface area (Å²) in [5.41, 5.74) is 0.650. The second-order valence-electron chi connectivity index (χ2n) is 7.79. The van der Waals surface area contributed by atoms with Crippen LogP contribution in [0.1, 0.15) is 24.2 Å². The van der Waals surface area contributed by atoms with Crippen molar-refractivity contribution in [3.63, 3.8) is 0 Å². The van der Waals surface area contributed by atoms with Crippen molar-refractivity contribution in [2.45, 2.75) is 29.4 Å². The molecule has 0 saturated carbocycles. The maximum absolute atomic E-state index is 13.5. The third-order valence-corrected chi connectivity index (χ3v) is 8.84. The Morgan fingerprint density at radius 1 is 0.944 bits per heavy atom. The predicted molar refractivity (Wildman–Crippen MR) is 127 cm³/mol. The van der Waals surface area contributed by atoms with Crippen LogP contribution in [0.4, 0.5) is 8.78 Å². The molecule has 0 radical (unpaired) electrons. The van der Waals surface area contributed by atoms with Crippen LogP contribution in [0.15, 0.2) is 76.5 Å². The zero-order chi connectivity index (χ0) is 26.7. The van der Waals surface area contributed by atoms with E-state index in [4.69, 9.17) is 4.74 Å². The maximum atomic E-state index is 13.5. The van der Waals surface area contributed by atoms with Gasteiger partial charge in [0.2, 0.25) is 16.1 Å². The number of sulfone groups is 1. The smallest absolute Gasteiger partial charge is 0.349 e. The highest BCUT2D eigenvalue weighted by Crippen LogP contribution is 2.26. The first kappa shape index (κ1) is 27.2. The van der Waals surface area contributed by atoms with Crippen LogP contribution in [0, 0.1) is 11.6 Å². The number of carboxylic acids is 1. The van der Waals surface area contributed by atoms with E-state index < -0.39 is 48.5 Å². The molecular formula is C24H23F2NO7S2. The van der Waals surface area contributed by atoms with Gasteiger partial charge in [0.25, 0.3) is 0 Å². The lowest BCUT2D eigenvalue weighted by molar-refractivity contribution is -0.145. The number of ether oxygens (including phenoxy) is 1. The number of aliphatic carboxylic acids is 1. The van der Waals surface area contributed by atoms with E-state index >= 15 is 0 Å². The van der Waals surface area contributed by atoms with Crippen LogP contribution in [0.5, 0.6) is 5.75 Å². The van der Waals surface area contributed by atoms with E-state index in [0.717, 1.165) is 16.4 Å². The summed E-state index contributed by atoms with van der Waals surface area (Å²) < 4.78 is 82.8. The van der Waals surface area contributed by atoms with Gasteiger partial charge in [-0.25, -0.2) is 30.4 Å². The monoisotopic (exact) mass is 539 g/mol. The van der Waals surface area contributed by atoms with E-state index in [9.17, 15) is 35.5 Å². The largest absolute Gasteiger partial charge is 0.478 e. The quantitative estimate of drug-likeness (QED) is 0.417. The predicted octanol–water partition coefficient (Wildman–Crippen LogP) is 3.78. The highest BCUT2D eigenvalue weighted by atomic mass is 32.2. The van der Waals surface area contributed by atoms with Crippen LogP contribution in [-0.4, -0.2) is 45.0 Å². The molecule has 0 aliphatic rings. The second-order valence-corrected chi connectivity index (χ2v) is 12.1. The fourth-order valence-corrected chi connectivity index (χ4v) is 5.37. The fraction of sp³-hybridized carbons (Fsp3) is 0.208. The van der Waals surface area contributed by atoms with E-state index in [1.807, 2.05) is 0 Å². The molecule has 192 valence electrons. The summed E-state index contributed by atoms with van der Waals surface area (Å²) in [7, 11) is -6.37. The van der Waals surface area contributed by atoms with Gasteiger partial charge in [-0.2, -0.15) is 4.31 Å². The Labute approximate surface area is 207 Å². The van der Waals surface area contributed by atoms with Crippen molar-refractivity contribution in [2.24, 2.45) is 0 Å². The molecule has 0 amide bonds. The first-order valence-electron chi connectivity index (χ1n) is 10.6. The highest BCUT2D eigenvalue weighted by molar-refractivity contribution is 7.91. The van der Waals surface area contributed by atoms with Crippen molar-refractivity contribution in [3.8, 4) is 5.75 Å². The van der Waals surface area contributed by atoms with Gasteiger partial charge in [0.15, 0.2) is 21.5 Å². The molecule has 12 heteroatoms. The third-order valence-electron chi connectivity index (χ3n) is 5.31. The Hall–Kier alpha value is -3.35. The van der Waals surface area contributed by atoms with Crippen LogP contribution in [0.2, 0.25) is 0 Å². The molecule has 0 fully saturated rings. The number of benzene rings is 3. The van der Waals surface area contributed by atoms with Gasteiger partial charge < -0.3 is 9.84 Å². The van der Waals surface area contributed by atoms with Crippen molar-refractivity contribution in [1.29, 1.82) is 0 Å². The number of hydrogen-bond donors (Lipinski definition) is 1. The lowest BCUT2D eigenvalue weighted by atomic mass is 10.1. The third kappa shape index (κ3) is 6.07. The Balaban J connectivity index is 1.77. The number of carboxylic acid groups (broad SMARTS) is 1. The van der Waals surface area contributed by atoms with Gasteiger partial charge in [0.1, 0.15) is 5.75 Å². The SMILES string of the molecule is CCS(=O)(=O)c1cccc(C(Oc2ccc(CN(C)S(=O)(=O)c3ccc(F)c(F)c3)cc2)C(=O)O)c1. The molecule has 0 heterocycles. The van der Waals surface area contributed by atoms with Crippen molar-refractivity contribution in [1.82, 2.24) is 4.31 Å². The summed E-state index contributed by atoms with van der Waals surface area (Å²) in [5.74, 6) is -3.76. The number of carbonyl (C=O) groups is 1. The number of halogens is 2. The van der Waals surface area contributed by atoms with Crippen LogP contribution in [0.25, 0.3) is 0 Å². The Morgan fingerprint density at radius 3 is 2.19 bits per heavy atom. The van der Waals surface area contributed by atoms with Gasteiger partial charge >= 0.3 is 5.97 Å². The summed E-state index contributed by atoms with van der Waals surface area (Å²) in [6.07, 6.45) is -1.49. The molecule has 1 atom stereocenters. The number of nitrogens with zero attached hydrogens (tertiary/aromatic N) is 1. The van der Waals surface area contributed by atoms with E-state index in [-0.39, 0.29) is 28.5 Å². The number of sulfonamides is 1. The lowest BCUT2D eigenvalue weighted by Gasteiger charge is -2.19. The van der Waals surface area contributed by atoms with Crippen molar-refractivity contribution in [2.75, 3.05) is 12.8 Å². The Morgan fingerprint density at radius 2 is 1.61 bits per heavy atom. The van der Waals surface area contributed by atoms with Crippen LogP contribution >= 0.6 is 0 Å². The van der Waals surface area contributed by atoms with Gasteiger partial charge in [0, 0.05) is 19.2 Å². The standard InChI is InChI=1S/C24H23F2NO7S2/c1-3-35(30,31)19-6-4-5-17(13-19)23(24(28)29)34-18-9-7-16(8-10-18)15-27(2)36(32,33)20-11-12-21(25)22(26)14-20/h4-14,23H,3,15H2,1-2H3,(H,28,29). The molecule has 0 aromatic heterocycles. The molecular weight excluding hydrogens is 516 g/mol. The van der Waals surface area contributed by atoms with Gasteiger partial charge in [-0.15, -0.1) is 0 Å². The van der Waals surface area contributed by atoms with E-state index in [1.54, 1.807) is 0 Å². The zero-order valence-corrected chi connectivity index (χ0v) is 20.9. The number of hydrogen-bond acceptors (Lipinski definition) is 6. The Bertz CT molecular complexity index is 1470. The molecule has 0 spiro atoms. The molecule has 3 rings (SSSR count). The zero-order valence-electron chi connectivity index (χ0n) is 19.3. The molecule has 0 saturated heterocycles. The first-order valence-corrected chi connectivity index (χ1v) is 13.7. The molecule has 1 N–H and O–H groups in total. The molecule has 0 aliphatic carbocycles. The minimum atomic E-state index is -4.10. The van der Waals surface area contributed by atoms with Gasteiger partial charge in [0.05, 0.1) is 15.5 Å². The maximum Gasteiger partial charge on any atom is 0.349 e.